The third kappa shape index (κ3) is 15.3. The van der Waals surface area contributed by atoms with Crippen molar-refractivity contribution in [2.24, 2.45) is 10.1 Å². The lowest BCUT2D eigenvalue weighted by Gasteiger charge is -2.42. The highest BCUT2D eigenvalue weighted by Gasteiger charge is 2.46. The molecule has 2 spiro atoms. The van der Waals surface area contributed by atoms with Crippen LogP contribution in [-0.2, 0) is 30.4 Å². The van der Waals surface area contributed by atoms with Gasteiger partial charge in [-0.05, 0) is 168 Å². The van der Waals surface area contributed by atoms with Crippen LogP contribution in [0.5, 0.6) is 0 Å². The minimum Gasteiger partial charge on any atom is -0.359 e. The molecule has 14 nitrogen and oxygen atoms in total. The molecule has 20 heteroatoms. The van der Waals surface area contributed by atoms with Crippen molar-refractivity contribution < 1.29 is 30.4 Å². The predicted octanol–water partition coefficient (Wildman–Crippen LogP) is 13.3. The summed E-state index contributed by atoms with van der Waals surface area (Å²) in [6, 6.07) is 6.97. The molecule has 75 heavy (non-hydrogen) atoms. The second-order valence-electron chi connectivity index (χ2n) is 24.3. The summed E-state index contributed by atoms with van der Waals surface area (Å²) < 4.78 is 85.9. The number of amidine groups is 1. The van der Waals surface area contributed by atoms with E-state index >= 15 is 0 Å². The van der Waals surface area contributed by atoms with Crippen molar-refractivity contribution >= 4 is 65.8 Å². The van der Waals surface area contributed by atoms with Gasteiger partial charge in [0.05, 0.1) is 17.4 Å². The second kappa shape index (κ2) is 25.2. The number of anilines is 2. The van der Waals surface area contributed by atoms with Crippen molar-refractivity contribution in [2.45, 2.75) is 223 Å². The number of aliphatic imine (C=N–C) groups is 1. The topological polar surface area (TPSA) is 163 Å². The highest BCUT2D eigenvalue weighted by Crippen LogP contribution is 2.44. The van der Waals surface area contributed by atoms with E-state index in [1.807, 2.05) is 55.4 Å². The Kier molecular flexibility index (Phi) is 20.5. The predicted molar refractivity (Wildman–Crippen MR) is 305 cm³/mol. The fourth-order valence-corrected chi connectivity index (χ4v) is 14.7. The van der Waals surface area contributed by atoms with E-state index in [0.717, 1.165) is 53.4 Å². The number of halogens is 3. The van der Waals surface area contributed by atoms with E-state index < -0.39 is 32.1 Å². The van der Waals surface area contributed by atoms with Gasteiger partial charge in [-0.1, -0.05) is 94.3 Å². The molecule has 2 aliphatic carbocycles. The first-order chi connectivity index (χ1) is 35.1. The first-order valence-corrected chi connectivity index (χ1v) is 35.1. The highest BCUT2D eigenvalue weighted by atomic mass is 35.7. The van der Waals surface area contributed by atoms with Crippen LogP contribution in [0.2, 0.25) is 25.7 Å². The third-order valence-corrected chi connectivity index (χ3v) is 21.3. The Hall–Kier alpha value is -3.33. The Balaban J connectivity index is 0.000000203. The summed E-state index contributed by atoms with van der Waals surface area (Å²) in [4.78, 5) is 13.9. The van der Waals surface area contributed by atoms with Crippen LogP contribution in [0.25, 0.3) is 0 Å². The molecule has 2 aromatic carbocycles. The Morgan fingerprint density at radius 2 is 1.24 bits per heavy atom. The molecule has 3 aliphatic heterocycles. The van der Waals surface area contributed by atoms with Crippen LogP contribution in [0.4, 0.5) is 26.1 Å². The van der Waals surface area contributed by atoms with E-state index in [2.05, 4.69) is 69.5 Å². The number of hydrogen-bond donors (Lipinski definition) is 2. The summed E-state index contributed by atoms with van der Waals surface area (Å²) in [5.74, 6) is 0.311. The fourth-order valence-electron chi connectivity index (χ4n) is 11.6. The molecule has 2 saturated carbocycles. The number of sulfone groups is 1. The maximum absolute atomic E-state index is 14.2. The molecule has 8 rings (SSSR count). The van der Waals surface area contributed by atoms with E-state index in [9.17, 15) is 25.6 Å². The van der Waals surface area contributed by atoms with Gasteiger partial charge in [-0.15, -0.1) is 5.10 Å². The molecule has 4 fully saturated rings. The first-order valence-electron chi connectivity index (χ1n) is 27.5. The van der Waals surface area contributed by atoms with Crippen molar-refractivity contribution in [1.29, 1.82) is 0 Å². The van der Waals surface area contributed by atoms with Crippen LogP contribution in [0.1, 0.15) is 191 Å². The minimum absolute atomic E-state index is 0.0153. The lowest BCUT2D eigenvalue weighted by atomic mass is 9.80. The lowest BCUT2D eigenvalue weighted by molar-refractivity contribution is 0.0792. The van der Waals surface area contributed by atoms with E-state index in [1.54, 1.807) is 0 Å². The number of likely N-dealkylation sites (tertiary alicyclic amines) is 2. The molecule has 0 atom stereocenters. The molecule has 5 aliphatic rings. The number of nitrogens with zero attached hydrogens (tertiary/aromatic N) is 7. The van der Waals surface area contributed by atoms with Gasteiger partial charge in [0.1, 0.15) is 24.2 Å². The molecule has 2 saturated heterocycles. The summed E-state index contributed by atoms with van der Waals surface area (Å²) in [5.41, 5.74) is 8.28. The molecular formula is C55H88ClF2N9O5S2Si. The van der Waals surface area contributed by atoms with Crippen LogP contribution in [0, 0.1) is 11.6 Å². The first kappa shape index (κ1) is 60.9. The van der Waals surface area contributed by atoms with Crippen molar-refractivity contribution in [3.05, 3.63) is 58.2 Å². The molecule has 0 amide bonds. The number of hydrazone groups is 1. The number of nitrogens with one attached hydrogen (secondary N) is 2. The van der Waals surface area contributed by atoms with E-state index in [0.29, 0.717) is 36.5 Å². The summed E-state index contributed by atoms with van der Waals surface area (Å²) in [5, 5.41) is 10.7. The summed E-state index contributed by atoms with van der Waals surface area (Å²) >= 11 is 0. The van der Waals surface area contributed by atoms with Crippen molar-refractivity contribution in [3.8, 4) is 0 Å². The van der Waals surface area contributed by atoms with Gasteiger partial charge in [0.25, 0.3) is 14.2 Å². The Morgan fingerprint density at radius 1 is 0.760 bits per heavy atom. The maximum atomic E-state index is 14.2. The molecule has 0 unspecified atom stereocenters. The smallest absolute Gasteiger partial charge is 0.298 e. The number of rotatable bonds is 14. The number of ether oxygens (including phenoxy) is 1. The van der Waals surface area contributed by atoms with Crippen LogP contribution in [0.15, 0.2) is 39.5 Å². The van der Waals surface area contributed by atoms with Crippen LogP contribution in [0.3, 0.4) is 0 Å². The van der Waals surface area contributed by atoms with Gasteiger partial charge < -0.3 is 19.9 Å². The number of aromatic nitrogens is 3. The minimum atomic E-state index is -4.13. The zero-order chi connectivity index (χ0) is 55.3. The molecule has 4 heterocycles. The highest BCUT2D eigenvalue weighted by molar-refractivity contribution is 8.13. The van der Waals surface area contributed by atoms with Crippen molar-refractivity contribution in [2.75, 3.05) is 39.1 Å². The molecule has 1 aromatic heterocycles. The molecular weight excluding hydrogens is 1030 g/mol. The standard InChI is InChI=1S/C25H37FN4O2S.C20H32ClFN4O3SSi.C10H19N/c1-16(2)20-13-18(26)14-21(17(3)4)24(20)27-22-15-23(29-28-22)33(31,32)19-7-10-25(11-8-19)9-6-12-30(25)5;1-13(2)16-10-15(22)11-17(14(3)4)18(16)23-19-24-20(30(21,27)28)25-26(19)12-29-8-9-31(5,6)7;1-11-9-5-8-10(11)6-3-2-4-7-10/h13-14,16-17,19H,6-12,15H2,1-5H3,(H,27,28);10-11,13-14H,8-9,12H2,1-7H3,(H,23,24,25);2-9H2,1H3. The summed E-state index contributed by atoms with van der Waals surface area (Å²) in [6.07, 6.45) is 16.1. The second-order valence-corrected chi connectivity index (χ2v) is 34.6. The van der Waals surface area contributed by atoms with Crippen molar-refractivity contribution in [3.63, 3.8) is 0 Å². The number of hydrogen-bond acceptors (Lipinski definition) is 12. The van der Waals surface area contributed by atoms with Gasteiger partial charge in [0.15, 0.2) is 14.9 Å². The maximum Gasteiger partial charge on any atom is 0.298 e. The zero-order valence-corrected chi connectivity index (χ0v) is 50.6. The summed E-state index contributed by atoms with van der Waals surface area (Å²) in [6.45, 7) is 25.6. The average Bonchev–Trinajstić information content (AvgIpc) is 4.14. The van der Waals surface area contributed by atoms with Gasteiger partial charge in [0.2, 0.25) is 5.95 Å². The van der Waals surface area contributed by atoms with Crippen LogP contribution < -0.4 is 10.7 Å². The molecule has 0 bridgehead atoms. The summed E-state index contributed by atoms with van der Waals surface area (Å²) in [7, 11) is 1.07. The Labute approximate surface area is 454 Å². The number of benzene rings is 2. The molecule has 0 radical (unpaired) electrons. The van der Waals surface area contributed by atoms with Crippen LogP contribution >= 0.6 is 10.7 Å². The Morgan fingerprint density at radius 3 is 1.69 bits per heavy atom. The van der Waals surface area contributed by atoms with Gasteiger partial charge in [-0.25, -0.2) is 35.3 Å². The van der Waals surface area contributed by atoms with E-state index in [4.69, 9.17) is 20.4 Å². The van der Waals surface area contributed by atoms with E-state index in [-0.39, 0.29) is 70.2 Å². The van der Waals surface area contributed by atoms with Gasteiger partial charge in [-0.3, -0.25) is 5.43 Å². The van der Waals surface area contributed by atoms with Gasteiger partial charge in [-0.2, -0.15) is 10.1 Å². The SMILES string of the molecule is CC(C)c1cc(F)cc(C(C)C)c1N=C1CC(S(=O)(=O)C2CCC3(CCCN3C)CC2)=NN1.CC(C)c1cc(F)cc(C(C)C)c1Nc1nc(S(=O)(=O)Cl)nn1COCC[Si](C)(C)C.CN1CCCC12CCCCC2. The monoisotopic (exact) mass is 1120 g/mol. The normalized spacial score (nSPS) is 22.1. The Bertz CT molecular complexity index is 2670. The van der Waals surface area contributed by atoms with E-state index in [1.165, 1.54) is 93.3 Å². The molecule has 420 valence electrons. The lowest BCUT2D eigenvalue weighted by Crippen LogP contribution is -2.47. The quantitative estimate of drug-likeness (QED) is 0.0897. The zero-order valence-electron chi connectivity index (χ0n) is 47.3. The average molecular weight is 1120 g/mol. The fraction of sp³-hybridized carbons (Fsp3) is 0.709. The van der Waals surface area contributed by atoms with Crippen LogP contribution in [-0.4, -0.2) is 110 Å². The van der Waals surface area contributed by atoms with Gasteiger partial charge >= 0.3 is 0 Å². The molecule has 3 aromatic rings. The van der Waals surface area contributed by atoms with Crippen molar-refractivity contribution in [1.82, 2.24) is 30.0 Å². The third-order valence-electron chi connectivity index (χ3n) is 16.3. The largest absolute Gasteiger partial charge is 0.359 e. The van der Waals surface area contributed by atoms with Gasteiger partial charge in [0, 0.05) is 42.1 Å². The molecule has 2 N–H and O–H groups in total.